The molecule has 1 aromatic rings. The second-order valence-electron chi connectivity index (χ2n) is 2.81. The molecule has 0 aliphatic rings. The zero-order valence-electron chi connectivity index (χ0n) is 7.31. The molecule has 0 aliphatic carbocycles. The summed E-state index contributed by atoms with van der Waals surface area (Å²) in [6, 6.07) is 1.52. The lowest BCUT2D eigenvalue weighted by molar-refractivity contribution is -0.136. The topological polar surface area (TPSA) is 37.3 Å². The van der Waals surface area contributed by atoms with Gasteiger partial charge >= 0.3 is 5.97 Å². The van der Waals surface area contributed by atoms with Gasteiger partial charge in [0.15, 0.2) is 11.6 Å². The van der Waals surface area contributed by atoms with Crippen LogP contribution in [-0.2, 0) is 11.2 Å². The highest BCUT2D eigenvalue weighted by atomic mass is 19.3. The Morgan fingerprint density at radius 1 is 1.27 bits per heavy atom. The number of carbonyl (C=O) groups is 1. The third-order valence-corrected chi connectivity index (χ3v) is 1.77. The molecule has 1 aromatic carbocycles. The summed E-state index contributed by atoms with van der Waals surface area (Å²) in [5.41, 5.74) is -1.52. The molecule has 15 heavy (non-hydrogen) atoms. The van der Waals surface area contributed by atoms with Crippen molar-refractivity contribution in [3.63, 3.8) is 0 Å². The average Bonchev–Trinajstić information content (AvgIpc) is 2.12. The number of rotatable bonds is 3. The Balaban J connectivity index is 3.15. The van der Waals surface area contributed by atoms with Crippen LogP contribution < -0.4 is 0 Å². The molecule has 0 aromatic heterocycles. The highest BCUT2D eigenvalue weighted by Gasteiger charge is 2.20. The quantitative estimate of drug-likeness (QED) is 0.798. The molecule has 0 saturated heterocycles. The zero-order chi connectivity index (χ0) is 11.6. The van der Waals surface area contributed by atoms with E-state index in [1.165, 1.54) is 0 Å². The van der Waals surface area contributed by atoms with Gasteiger partial charge in [0, 0.05) is 5.56 Å². The minimum absolute atomic E-state index is 0.454. The molecule has 1 rings (SSSR count). The van der Waals surface area contributed by atoms with Crippen molar-refractivity contribution in [3.8, 4) is 0 Å². The number of aliphatic carboxylic acids is 1. The van der Waals surface area contributed by atoms with Crippen molar-refractivity contribution in [2.75, 3.05) is 0 Å². The maximum Gasteiger partial charge on any atom is 0.307 e. The van der Waals surface area contributed by atoms with Gasteiger partial charge in [-0.1, -0.05) is 6.07 Å². The zero-order valence-corrected chi connectivity index (χ0v) is 7.31. The van der Waals surface area contributed by atoms with Crippen LogP contribution in [0.4, 0.5) is 17.6 Å². The van der Waals surface area contributed by atoms with Crippen LogP contribution in [0.1, 0.15) is 17.6 Å². The third kappa shape index (κ3) is 2.45. The molecule has 2 nitrogen and oxygen atoms in total. The summed E-state index contributed by atoms with van der Waals surface area (Å²) in [5, 5.41) is 8.32. The molecule has 0 unspecified atom stereocenters. The average molecular weight is 222 g/mol. The van der Waals surface area contributed by atoms with Crippen molar-refractivity contribution < 1.29 is 27.5 Å². The van der Waals surface area contributed by atoms with Crippen LogP contribution >= 0.6 is 0 Å². The van der Waals surface area contributed by atoms with E-state index in [0.717, 1.165) is 6.07 Å². The molecule has 0 saturated carbocycles. The van der Waals surface area contributed by atoms with E-state index in [1.807, 2.05) is 0 Å². The Labute approximate surface area is 82.1 Å². The number of alkyl halides is 2. The second-order valence-corrected chi connectivity index (χ2v) is 2.81. The Kier molecular flexibility index (Phi) is 3.28. The van der Waals surface area contributed by atoms with Crippen molar-refractivity contribution in [1.82, 2.24) is 0 Å². The van der Waals surface area contributed by atoms with Gasteiger partial charge < -0.3 is 5.11 Å². The molecule has 82 valence electrons. The molecule has 6 heteroatoms. The maximum atomic E-state index is 13.0. The summed E-state index contributed by atoms with van der Waals surface area (Å²) in [6.07, 6.45) is -3.87. The van der Waals surface area contributed by atoms with Gasteiger partial charge in [-0.05, 0) is 6.07 Å². The number of carboxylic acid groups (broad SMARTS) is 1. The summed E-state index contributed by atoms with van der Waals surface area (Å²) >= 11 is 0. The first-order valence-corrected chi connectivity index (χ1v) is 3.90. The molecule has 0 atom stereocenters. The van der Waals surface area contributed by atoms with E-state index < -0.39 is 41.6 Å². The fourth-order valence-electron chi connectivity index (χ4n) is 1.07. The van der Waals surface area contributed by atoms with Crippen molar-refractivity contribution in [1.29, 1.82) is 0 Å². The monoisotopic (exact) mass is 222 g/mol. The van der Waals surface area contributed by atoms with E-state index in [4.69, 9.17) is 5.11 Å². The predicted octanol–water partition coefficient (Wildman–Crippen LogP) is 2.53. The number of carboxylic acids is 1. The van der Waals surface area contributed by atoms with Gasteiger partial charge in [-0.2, -0.15) is 0 Å². The van der Waals surface area contributed by atoms with E-state index in [-0.39, 0.29) is 0 Å². The van der Waals surface area contributed by atoms with Crippen LogP contribution in [0.5, 0.6) is 0 Å². The van der Waals surface area contributed by atoms with Crippen LogP contribution in [0.3, 0.4) is 0 Å². The fourth-order valence-corrected chi connectivity index (χ4v) is 1.07. The van der Waals surface area contributed by atoms with Crippen LogP contribution in [0, 0.1) is 11.6 Å². The highest BCUT2D eigenvalue weighted by molar-refractivity contribution is 5.70. The van der Waals surface area contributed by atoms with Gasteiger partial charge in [0.1, 0.15) is 0 Å². The summed E-state index contributed by atoms with van der Waals surface area (Å²) < 4.78 is 50.1. The molecule has 0 radical (unpaired) electrons. The summed E-state index contributed by atoms with van der Waals surface area (Å²) in [6.45, 7) is 0. The van der Waals surface area contributed by atoms with Crippen molar-refractivity contribution in [3.05, 3.63) is 34.9 Å². The largest absolute Gasteiger partial charge is 0.481 e. The first kappa shape index (κ1) is 11.5. The normalized spacial score (nSPS) is 10.7. The lowest BCUT2D eigenvalue weighted by atomic mass is 10.1. The van der Waals surface area contributed by atoms with Crippen LogP contribution in [0.25, 0.3) is 0 Å². The van der Waals surface area contributed by atoms with Gasteiger partial charge in [-0.15, -0.1) is 0 Å². The van der Waals surface area contributed by atoms with E-state index >= 15 is 0 Å². The van der Waals surface area contributed by atoms with E-state index in [2.05, 4.69) is 0 Å². The SMILES string of the molecule is O=C(O)Cc1ccc(C(F)F)c(F)c1F. The molecule has 0 aliphatic heterocycles. The number of benzene rings is 1. The standard InChI is InChI=1S/C9H6F4O2/c10-7-4(3-6(14)15)1-2-5(8(7)11)9(12)13/h1-2,9H,3H2,(H,14,15). The molecule has 0 heterocycles. The van der Waals surface area contributed by atoms with Gasteiger partial charge in [0.2, 0.25) is 0 Å². The van der Waals surface area contributed by atoms with Crippen LogP contribution in [-0.4, -0.2) is 11.1 Å². The number of hydrogen-bond acceptors (Lipinski definition) is 1. The molecule has 0 fully saturated rings. The highest BCUT2D eigenvalue weighted by Crippen LogP contribution is 2.25. The number of hydrogen-bond donors (Lipinski definition) is 1. The minimum atomic E-state index is -3.13. The third-order valence-electron chi connectivity index (χ3n) is 1.77. The Morgan fingerprint density at radius 3 is 2.33 bits per heavy atom. The van der Waals surface area contributed by atoms with Gasteiger partial charge in [0.25, 0.3) is 6.43 Å². The molecular weight excluding hydrogens is 216 g/mol. The van der Waals surface area contributed by atoms with E-state index in [0.29, 0.717) is 6.07 Å². The molecule has 0 amide bonds. The molecule has 1 N–H and O–H groups in total. The van der Waals surface area contributed by atoms with E-state index in [1.54, 1.807) is 0 Å². The first-order valence-electron chi connectivity index (χ1n) is 3.90. The van der Waals surface area contributed by atoms with Crippen molar-refractivity contribution in [2.24, 2.45) is 0 Å². The molecule has 0 bridgehead atoms. The van der Waals surface area contributed by atoms with Crippen LogP contribution in [0.15, 0.2) is 12.1 Å². The lowest BCUT2D eigenvalue weighted by Gasteiger charge is -2.05. The maximum absolute atomic E-state index is 13.0. The fraction of sp³-hybridized carbons (Fsp3) is 0.222. The summed E-state index contributed by atoms with van der Waals surface area (Å²) in [5.74, 6) is -4.59. The minimum Gasteiger partial charge on any atom is -0.481 e. The predicted molar refractivity (Wildman–Crippen MR) is 42.7 cm³/mol. The second kappa shape index (κ2) is 4.29. The lowest BCUT2D eigenvalue weighted by Crippen LogP contribution is -2.06. The van der Waals surface area contributed by atoms with Crippen molar-refractivity contribution >= 4 is 5.97 Å². The van der Waals surface area contributed by atoms with Gasteiger partial charge in [0.05, 0.1) is 12.0 Å². The van der Waals surface area contributed by atoms with Gasteiger partial charge in [-0.25, -0.2) is 17.6 Å². The van der Waals surface area contributed by atoms with Gasteiger partial charge in [-0.3, -0.25) is 4.79 Å². The summed E-state index contributed by atoms with van der Waals surface area (Å²) in [7, 11) is 0. The smallest absolute Gasteiger partial charge is 0.307 e. The molecular formula is C9H6F4O2. The Hall–Kier alpha value is -1.59. The van der Waals surface area contributed by atoms with E-state index in [9.17, 15) is 22.4 Å². The molecule has 0 spiro atoms. The Morgan fingerprint density at radius 2 is 1.87 bits per heavy atom. The summed E-state index contributed by atoms with van der Waals surface area (Å²) in [4.78, 5) is 10.2. The number of halogens is 4. The van der Waals surface area contributed by atoms with Crippen LogP contribution in [0.2, 0.25) is 0 Å². The first-order chi connectivity index (χ1) is 6.93. The van der Waals surface area contributed by atoms with Crippen molar-refractivity contribution in [2.45, 2.75) is 12.8 Å². The Bertz CT molecular complexity index is 390.